The average Bonchev–Trinajstić information content (AvgIpc) is 3.51. The molecular formula is C28H34N6O2. The van der Waals surface area contributed by atoms with Crippen LogP contribution in [0, 0.1) is 6.85 Å². The minimum Gasteiger partial charge on any atom is -0.492 e. The van der Waals surface area contributed by atoms with Crippen LogP contribution in [-0.2, 0) is 14.1 Å². The fourth-order valence-corrected chi connectivity index (χ4v) is 3.88. The molecule has 0 unspecified atom stereocenters. The van der Waals surface area contributed by atoms with Crippen LogP contribution >= 0.6 is 0 Å². The van der Waals surface area contributed by atoms with E-state index < -0.39 is 18.8 Å². The summed E-state index contributed by atoms with van der Waals surface area (Å²) in [6.45, 7) is 0.521. The highest BCUT2D eigenvalue weighted by Gasteiger charge is 2.17. The highest BCUT2D eigenvalue weighted by Crippen LogP contribution is 2.30. The standard InChI is InChI=1S/C28H34N6O2/c1-19-7-8-26(36-10-9-32(3)4)14-27(19)28(35)31-20(2)21-11-22(24-15-29-33(5)17-24)13-23(12-21)25-16-30-34(6)18-25/h7-8,11-18,20H,9-10H2,1-6H3,(H,31,35)/t20-/m1/s1/i1D3. The summed E-state index contributed by atoms with van der Waals surface area (Å²) in [4.78, 5) is 15.5. The zero-order chi connectivity index (χ0) is 28.3. The summed E-state index contributed by atoms with van der Waals surface area (Å²) in [6, 6.07) is 10.2. The van der Waals surface area contributed by atoms with E-state index in [0.29, 0.717) is 18.9 Å². The van der Waals surface area contributed by atoms with Crippen LogP contribution < -0.4 is 10.1 Å². The molecule has 36 heavy (non-hydrogen) atoms. The van der Waals surface area contributed by atoms with Crippen molar-refractivity contribution in [2.75, 3.05) is 27.2 Å². The van der Waals surface area contributed by atoms with Crippen LogP contribution in [0.2, 0.25) is 0 Å². The SMILES string of the molecule is [2H]C([2H])([2H])c1ccc(OCCN(C)C)cc1C(=O)N[C@H](C)c1cc(-c2cnn(C)c2)cc(-c2cnn(C)c2)c1. The Labute approximate surface area is 216 Å². The Morgan fingerprint density at radius 3 is 2.19 bits per heavy atom. The lowest BCUT2D eigenvalue weighted by molar-refractivity contribution is 0.0938. The number of carbonyl (C=O) groups excluding carboxylic acids is 1. The zero-order valence-electron chi connectivity index (χ0n) is 24.3. The topological polar surface area (TPSA) is 77.2 Å². The monoisotopic (exact) mass is 489 g/mol. The van der Waals surface area contributed by atoms with Crippen LogP contribution in [0.1, 0.15) is 38.6 Å². The van der Waals surface area contributed by atoms with E-state index in [4.69, 9.17) is 8.85 Å². The van der Waals surface area contributed by atoms with Gasteiger partial charge >= 0.3 is 0 Å². The number of amides is 1. The molecule has 0 aliphatic rings. The quantitative estimate of drug-likeness (QED) is 0.381. The molecule has 2 heterocycles. The lowest BCUT2D eigenvalue weighted by Crippen LogP contribution is -2.27. The molecule has 0 aliphatic heterocycles. The minimum absolute atomic E-state index is 0.0210. The predicted octanol–water partition coefficient (Wildman–Crippen LogP) is 4.23. The van der Waals surface area contributed by atoms with Crippen LogP contribution in [0.3, 0.4) is 0 Å². The van der Waals surface area contributed by atoms with Crippen molar-refractivity contribution < 1.29 is 13.6 Å². The summed E-state index contributed by atoms with van der Waals surface area (Å²) in [6.07, 6.45) is 7.44. The van der Waals surface area contributed by atoms with Gasteiger partial charge in [0.15, 0.2) is 0 Å². The van der Waals surface area contributed by atoms with E-state index in [9.17, 15) is 4.79 Å². The Balaban J connectivity index is 1.66. The van der Waals surface area contributed by atoms with Crippen molar-refractivity contribution in [2.45, 2.75) is 19.8 Å². The van der Waals surface area contributed by atoms with Crippen LogP contribution in [0.15, 0.2) is 61.2 Å². The van der Waals surface area contributed by atoms with Crippen LogP contribution in [0.5, 0.6) is 5.75 Å². The van der Waals surface area contributed by atoms with Crippen molar-refractivity contribution in [3.05, 3.63) is 77.9 Å². The molecule has 0 saturated carbocycles. The van der Waals surface area contributed by atoms with E-state index in [-0.39, 0.29) is 11.1 Å². The van der Waals surface area contributed by atoms with Gasteiger partial charge in [-0.25, -0.2) is 0 Å². The van der Waals surface area contributed by atoms with Gasteiger partial charge in [-0.15, -0.1) is 0 Å². The normalized spacial score (nSPS) is 13.7. The van der Waals surface area contributed by atoms with Crippen molar-refractivity contribution in [3.63, 3.8) is 0 Å². The highest BCUT2D eigenvalue weighted by atomic mass is 16.5. The minimum atomic E-state index is -2.45. The molecule has 0 aliphatic carbocycles. The molecule has 1 amide bonds. The molecule has 4 aromatic rings. The highest BCUT2D eigenvalue weighted by molar-refractivity contribution is 5.96. The summed E-state index contributed by atoms with van der Waals surface area (Å²) < 4.78 is 33.1. The number of likely N-dealkylation sites (N-methyl/N-ethyl adjacent to an activating group) is 1. The van der Waals surface area contributed by atoms with Gasteiger partial charge in [0.25, 0.3) is 5.91 Å². The Morgan fingerprint density at radius 2 is 1.67 bits per heavy atom. The fraction of sp³-hybridized carbons (Fsp3) is 0.321. The van der Waals surface area contributed by atoms with Crippen LogP contribution in [0.25, 0.3) is 22.3 Å². The summed E-state index contributed by atoms with van der Waals surface area (Å²) in [5.41, 5.74) is 4.68. The van der Waals surface area contributed by atoms with Crippen molar-refractivity contribution in [1.82, 2.24) is 29.8 Å². The van der Waals surface area contributed by atoms with Crippen molar-refractivity contribution >= 4 is 5.91 Å². The van der Waals surface area contributed by atoms with Crippen LogP contribution in [0.4, 0.5) is 0 Å². The van der Waals surface area contributed by atoms with Gasteiger partial charge in [0, 0.05) is 53.8 Å². The van der Waals surface area contributed by atoms with Crippen molar-refractivity contribution in [3.8, 4) is 28.0 Å². The first kappa shape index (κ1) is 21.4. The third-order valence-electron chi connectivity index (χ3n) is 5.92. The molecule has 8 heteroatoms. The van der Waals surface area contributed by atoms with Gasteiger partial charge in [0.1, 0.15) is 12.4 Å². The maximum Gasteiger partial charge on any atom is 0.252 e. The number of aromatic nitrogens is 4. The summed E-state index contributed by atoms with van der Waals surface area (Å²) >= 11 is 0. The van der Waals surface area contributed by atoms with Gasteiger partial charge in [0.2, 0.25) is 0 Å². The second-order valence-corrected chi connectivity index (χ2v) is 9.20. The number of nitrogens with zero attached hydrogens (tertiary/aromatic N) is 5. The number of nitrogens with one attached hydrogen (secondary N) is 1. The zero-order valence-corrected chi connectivity index (χ0v) is 21.3. The Hall–Kier alpha value is -3.91. The second kappa shape index (κ2) is 10.8. The molecule has 8 nitrogen and oxygen atoms in total. The van der Waals surface area contributed by atoms with Crippen molar-refractivity contribution in [1.29, 1.82) is 0 Å². The van der Waals surface area contributed by atoms with Gasteiger partial charge in [-0.3, -0.25) is 14.2 Å². The van der Waals surface area contributed by atoms with Gasteiger partial charge in [0.05, 0.1) is 18.4 Å². The third-order valence-corrected chi connectivity index (χ3v) is 5.92. The molecule has 0 radical (unpaired) electrons. The second-order valence-electron chi connectivity index (χ2n) is 9.20. The third kappa shape index (κ3) is 6.01. The van der Waals surface area contributed by atoms with Gasteiger partial charge in [-0.2, -0.15) is 10.2 Å². The van der Waals surface area contributed by atoms with E-state index in [2.05, 4.69) is 21.6 Å². The number of benzene rings is 2. The largest absolute Gasteiger partial charge is 0.492 e. The molecule has 2 aromatic carbocycles. The molecule has 2 aromatic heterocycles. The van der Waals surface area contributed by atoms with E-state index in [1.165, 1.54) is 12.1 Å². The Bertz CT molecular complexity index is 1400. The number of aryl methyl sites for hydroxylation is 3. The molecular weight excluding hydrogens is 452 g/mol. The lowest BCUT2D eigenvalue weighted by atomic mass is 9.96. The molecule has 0 saturated heterocycles. The molecule has 1 atom stereocenters. The summed E-state index contributed by atoms with van der Waals surface area (Å²) in [5.74, 6) is -0.0403. The molecule has 0 bridgehead atoms. The van der Waals surface area contributed by atoms with E-state index in [0.717, 1.165) is 27.8 Å². The maximum atomic E-state index is 13.5. The van der Waals surface area contributed by atoms with Gasteiger partial charge in [-0.05, 0) is 80.5 Å². The van der Waals surface area contributed by atoms with E-state index in [1.807, 2.05) is 64.5 Å². The number of ether oxygens (including phenoxy) is 1. The molecule has 0 spiro atoms. The summed E-state index contributed by atoms with van der Waals surface area (Å²) in [5, 5.41) is 11.6. The smallest absolute Gasteiger partial charge is 0.252 e. The Kier molecular flexibility index (Phi) is 6.40. The van der Waals surface area contributed by atoms with E-state index >= 15 is 0 Å². The Morgan fingerprint density at radius 1 is 1.03 bits per heavy atom. The van der Waals surface area contributed by atoms with Crippen molar-refractivity contribution in [2.24, 2.45) is 14.1 Å². The molecule has 4 rings (SSSR count). The molecule has 188 valence electrons. The van der Waals surface area contributed by atoms with Gasteiger partial charge < -0.3 is 15.0 Å². The first-order valence-corrected chi connectivity index (χ1v) is 11.8. The number of hydrogen-bond acceptors (Lipinski definition) is 5. The predicted molar refractivity (Wildman–Crippen MR) is 142 cm³/mol. The average molecular weight is 490 g/mol. The van der Waals surface area contributed by atoms with E-state index in [1.54, 1.807) is 27.8 Å². The first-order valence-electron chi connectivity index (χ1n) is 13.3. The maximum absolute atomic E-state index is 13.5. The van der Waals surface area contributed by atoms with Crippen LogP contribution in [-0.4, -0.2) is 57.6 Å². The first-order chi connectivity index (χ1) is 18.4. The summed E-state index contributed by atoms with van der Waals surface area (Å²) in [7, 11) is 7.59. The van der Waals surface area contributed by atoms with Gasteiger partial charge in [-0.1, -0.05) is 6.07 Å². The lowest BCUT2D eigenvalue weighted by Gasteiger charge is -2.18. The number of rotatable bonds is 9. The molecule has 1 N–H and O–H groups in total. The fourth-order valence-electron chi connectivity index (χ4n) is 3.88. The number of hydrogen-bond donors (Lipinski definition) is 1. The molecule has 0 fully saturated rings. The number of carbonyl (C=O) groups is 1.